The first-order valence-corrected chi connectivity index (χ1v) is 5.74. The molecule has 0 saturated heterocycles. The van der Waals surface area contributed by atoms with Crippen LogP contribution in [0.15, 0.2) is 0 Å². The van der Waals surface area contributed by atoms with Crippen molar-refractivity contribution in [2.45, 2.75) is 32.2 Å². The average molecular weight is 228 g/mol. The molecule has 16 heavy (non-hydrogen) atoms. The Morgan fingerprint density at radius 3 is 2.69 bits per heavy atom. The Labute approximate surface area is 95.6 Å². The van der Waals surface area contributed by atoms with Crippen LogP contribution in [0.25, 0.3) is 0 Å². The van der Waals surface area contributed by atoms with Gasteiger partial charge in [0.2, 0.25) is 5.91 Å². The SMILES string of the molecule is CNCC(C)C(=O)NC1CCCC1C(=O)O. The van der Waals surface area contributed by atoms with E-state index in [-0.39, 0.29) is 17.9 Å². The van der Waals surface area contributed by atoms with Crippen LogP contribution in [0.3, 0.4) is 0 Å². The van der Waals surface area contributed by atoms with Gasteiger partial charge in [-0.2, -0.15) is 0 Å². The van der Waals surface area contributed by atoms with Gasteiger partial charge < -0.3 is 15.7 Å². The largest absolute Gasteiger partial charge is 0.481 e. The molecule has 0 aromatic carbocycles. The third kappa shape index (κ3) is 3.20. The maximum Gasteiger partial charge on any atom is 0.308 e. The van der Waals surface area contributed by atoms with Gasteiger partial charge in [-0.1, -0.05) is 13.3 Å². The number of amides is 1. The Morgan fingerprint density at radius 1 is 1.44 bits per heavy atom. The molecule has 1 amide bonds. The average Bonchev–Trinajstić information content (AvgIpc) is 2.66. The first-order chi connectivity index (χ1) is 7.56. The van der Waals surface area contributed by atoms with Crippen LogP contribution in [0.2, 0.25) is 0 Å². The van der Waals surface area contributed by atoms with Gasteiger partial charge in [0.15, 0.2) is 0 Å². The van der Waals surface area contributed by atoms with Gasteiger partial charge >= 0.3 is 5.97 Å². The van der Waals surface area contributed by atoms with Gasteiger partial charge in [0, 0.05) is 18.5 Å². The molecular formula is C11H20N2O3. The molecule has 3 unspecified atom stereocenters. The summed E-state index contributed by atoms with van der Waals surface area (Å²) in [6.07, 6.45) is 2.32. The molecule has 1 saturated carbocycles. The monoisotopic (exact) mass is 228 g/mol. The summed E-state index contributed by atoms with van der Waals surface area (Å²) < 4.78 is 0. The number of nitrogens with one attached hydrogen (secondary N) is 2. The van der Waals surface area contributed by atoms with E-state index >= 15 is 0 Å². The van der Waals surface area contributed by atoms with Crippen molar-refractivity contribution in [3.63, 3.8) is 0 Å². The number of carbonyl (C=O) groups is 2. The van der Waals surface area contributed by atoms with Crippen LogP contribution in [0, 0.1) is 11.8 Å². The Bertz CT molecular complexity index is 268. The van der Waals surface area contributed by atoms with E-state index in [0.29, 0.717) is 13.0 Å². The van der Waals surface area contributed by atoms with E-state index in [4.69, 9.17) is 5.11 Å². The zero-order valence-electron chi connectivity index (χ0n) is 9.82. The molecule has 0 bridgehead atoms. The maximum atomic E-state index is 11.7. The Kier molecular flexibility index (Phi) is 4.73. The minimum Gasteiger partial charge on any atom is -0.481 e. The van der Waals surface area contributed by atoms with Crippen LogP contribution in [-0.4, -0.2) is 36.6 Å². The van der Waals surface area contributed by atoms with Crippen LogP contribution < -0.4 is 10.6 Å². The summed E-state index contributed by atoms with van der Waals surface area (Å²) >= 11 is 0. The van der Waals surface area contributed by atoms with Crippen molar-refractivity contribution < 1.29 is 14.7 Å². The van der Waals surface area contributed by atoms with Gasteiger partial charge in [-0.3, -0.25) is 9.59 Å². The molecular weight excluding hydrogens is 208 g/mol. The first-order valence-electron chi connectivity index (χ1n) is 5.74. The van der Waals surface area contributed by atoms with Crippen LogP contribution in [0.4, 0.5) is 0 Å². The standard InChI is InChI=1S/C11H20N2O3/c1-7(6-12-2)10(14)13-9-5-3-4-8(9)11(15)16/h7-9,12H,3-6H2,1-2H3,(H,13,14)(H,15,16). The molecule has 1 aliphatic carbocycles. The summed E-state index contributed by atoms with van der Waals surface area (Å²) in [5.74, 6) is -1.40. The van der Waals surface area contributed by atoms with Crippen LogP contribution >= 0.6 is 0 Å². The quantitative estimate of drug-likeness (QED) is 0.628. The molecule has 0 heterocycles. The molecule has 0 spiro atoms. The van der Waals surface area contributed by atoms with Gasteiger partial charge in [-0.25, -0.2) is 0 Å². The van der Waals surface area contributed by atoms with Gasteiger partial charge in [0.1, 0.15) is 0 Å². The number of carbonyl (C=O) groups excluding carboxylic acids is 1. The van der Waals surface area contributed by atoms with Crippen molar-refractivity contribution in [3.05, 3.63) is 0 Å². The zero-order valence-corrected chi connectivity index (χ0v) is 9.82. The fraction of sp³-hybridized carbons (Fsp3) is 0.818. The molecule has 5 nitrogen and oxygen atoms in total. The highest BCUT2D eigenvalue weighted by molar-refractivity contribution is 5.80. The molecule has 3 N–H and O–H groups in total. The van der Waals surface area contributed by atoms with Gasteiger partial charge in [0.25, 0.3) is 0 Å². The van der Waals surface area contributed by atoms with Crippen LogP contribution in [0.5, 0.6) is 0 Å². The van der Waals surface area contributed by atoms with E-state index < -0.39 is 11.9 Å². The molecule has 0 radical (unpaired) electrons. The fourth-order valence-electron chi connectivity index (χ4n) is 2.15. The summed E-state index contributed by atoms with van der Waals surface area (Å²) in [6, 6.07) is -0.190. The fourth-order valence-corrected chi connectivity index (χ4v) is 2.15. The molecule has 1 fully saturated rings. The summed E-state index contributed by atoms with van der Waals surface area (Å²) in [4.78, 5) is 22.6. The smallest absolute Gasteiger partial charge is 0.308 e. The molecule has 0 aliphatic heterocycles. The Morgan fingerprint density at radius 2 is 2.12 bits per heavy atom. The third-order valence-electron chi connectivity index (χ3n) is 3.12. The lowest BCUT2D eigenvalue weighted by molar-refractivity contribution is -0.142. The molecule has 5 heteroatoms. The summed E-state index contributed by atoms with van der Waals surface area (Å²) in [6.45, 7) is 2.44. The number of aliphatic carboxylic acids is 1. The van der Waals surface area contributed by atoms with Gasteiger partial charge in [0.05, 0.1) is 5.92 Å². The Hall–Kier alpha value is -1.10. The van der Waals surface area contributed by atoms with E-state index in [1.807, 2.05) is 6.92 Å². The molecule has 92 valence electrons. The topological polar surface area (TPSA) is 78.4 Å². The predicted molar refractivity (Wildman–Crippen MR) is 60.0 cm³/mol. The molecule has 0 aromatic rings. The van der Waals surface area contributed by atoms with E-state index in [9.17, 15) is 9.59 Å². The third-order valence-corrected chi connectivity index (χ3v) is 3.12. The highest BCUT2D eigenvalue weighted by Crippen LogP contribution is 2.25. The number of hydrogen-bond acceptors (Lipinski definition) is 3. The minimum atomic E-state index is -0.802. The van der Waals surface area contributed by atoms with Crippen molar-refractivity contribution >= 4 is 11.9 Å². The van der Waals surface area contributed by atoms with E-state index in [1.165, 1.54) is 0 Å². The predicted octanol–water partition coefficient (Wildman–Crippen LogP) is 0.211. The molecule has 3 atom stereocenters. The van der Waals surface area contributed by atoms with E-state index in [1.54, 1.807) is 7.05 Å². The zero-order chi connectivity index (χ0) is 12.1. The lowest BCUT2D eigenvalue weighted by Crippen LogP contribution is -2.44. The molecule has 0 aromatic heterocycles. The normalized spacial score (nSPS) is 26.4. The number of rotatable bonds is 5. The van der Waals surface area contributed by atoms with Crippen molar-refractivity contribution in [3.8, 4) is 0 Å². The van der Waals surface area contributed by atoms with Crippen LogP contribution in [-0.2, 0) is 9.59 Å². The van der Waals surface area contributed by atoms with E-state index in [0.717, 1.165) is 12.8 Å². The molecule has 1 aliphatic rings. The lowest BCUT2D eigenvalue weighted by atomic mass is 10.0. The highest BCUT2D eigenvalue weighted by Gasteiger charge is 2.34. The maximum absolute atomic E-state index is 11.7. The highest BCUT2D eigenvalue weighted by atomic mass is 16.4. The van der Waals surface area contributed by atoms with Crippen molar-refractivity contribution in [2.24, 2.45) is 11.8 Å². The van der Waals surface area contributed by atoms with Crippen molar-refractivity contribution in [2.75, 3.05) is 13.6 Å². The van der Waals surface area contributed by atoms with Gasteiger partial charge in [-0.15, -0.1) is 0 Å². The minimum absolute atomic E-state index is 0.0625. The first kappa shape index (κ1) is 13.0. The van der Waals surface area contributed by atoms with Crippen molar-refractivity contribution in [1.29, 1.82) is 0 Å². The Balaban J connectivity index is 2.47. The summed E-state index contributed by atoms with van der Waals surface area (Å²) in [7, 11) is 1.79. The second-order valence-electron chi connectivity index (χ2n) is 4.45. The number of hydrogen-bond donors (Lipinski definition) is 3. The number of carboxylic acid groups (broad SMARTS) is 1. The second-order valence-corrected chi connectivity index (χ2v) is 4.45. The summed E-state index contributed by atoms with van der Waals surface area (Å²) in [5, 5.41) is 14.7. The van der Waals surface area contributed by atoms with Crippen molar-refractivity contribution in [1.82, 2.24) is 10.6 Å². The van der Waals surface area contributed by atoms with Crippen LogP contribution in [0.1, 0.15) is 26.2 Å². The molecule has 1 rings (SSSR count). The van der Waals surface area contributed by atoms with Gasteiger partial charge in [-0.05, 0) is 19.9 Å². The second kappa shape index (κ2) is 5.84. The van der Waals surface area contributed by atoms with E-state index in [2.05, 4.69) is 10.6 Å². The lowest BCUT2D eigenvalue weighted by Gasteiger charge is -2.20. The number of carboxylic acids is 1. The summed E-state index contributed by atoms with van der Waals surface area (Å²) in [5.41, 5.74) is 0.